The second-order valence-corrected chi connectivity index (χ2v) is 6.89. The lowest BCUT2D eigenvalue weighted by atomic mass is 9.65. The SMILES string of the molecule is Cc1ccc([C@]2(C(N)=O)[C@H](C(=O)O)[C@H]3C=C[C@H]2C32CC2)nc1. The quantitative estimate of drug-likeness (QED) is 0.825. The van der Waals surface area contributed by atoms with E-state index in [4.69, 9.17) is 5.73 Å². The second-order valence-electron chi connectivity index (χ2n) is 6.89. The summed E-state index contributed by atoms with van der Waals surface area (Å²) in [5.41, 5.74) is 5.94. The van der Waals surface area contributed by atoms with E-state index in [0.717, 1.165) is 18.4 Å². The van der Waals surface area contributed by atoms with Crippen LogP contribution >= 0.6 is 0 Å². The van der Waals surface area contributed by atoms with Crippen LogP contribution in [0.1, 0.15) is 24.1 Å². The second kappa shape index (κ2) is 3.97. The Kier molecular flexibility index (Phi) is 2.43. The third-order valence-corrected chi connectivity index (χ3v) is 5.97. The molecule has 1 aromatic heterocycles. The maximum Gasteiger partial charge on any atom is 0.308 e. The Morgan fingerprint density at radius 2 is 2.05 bits per heavy atom. The number of aryl methyl sites for hydroxylation is 1. The van der Waals surface area contributed by atoms with E-state index < -0.39 is 23.2 Å². The number of primary amides is 1. The molecule has 0 saturated heterocycles. The summed E-state index contributed by atoms with van der Waals surface area (Å²) in [5.74, 6) is -2.62. The molecular weight excluding hydrogens is 280 g/mol. The Morgan fingerprint density at radius 3 is 2.55 bits per heavy atom. The molecule has 0 radical (unpaired) electrons. The van der Waals surface area contributed by atoms with E-state index in [0.29, 0.717) is 5.69 Å². The summed E-state index contributed by atoms with van der Waals surface area (Å²) in [6.45, 7) is 1.91. The molecular formula is C17H18N2O3. The Balaban J connectivity index is 1.98. The predicted molar refractivity (Wildman–Crippen MR) is 78.8 cm³/mol. The summed E-state index contributed by atoms with van der Waals surface area (Å²) < 4.78 is 0. The fourth-order valence-corrected chi connectivity index (χ4v) is 4.95. The van der Waals surface area contributed by atoms with Crippen LogP contribution in [-0.4, -0.2) is 22.0 Å². The van der Waals surface area contributed by atoms with E-state index >= 15 is 0 Å². The lowest BCUT2D eigenvalue weighted by molar-refractivity contribution is -0.149. The van der Waals surface area contributed by atoms with Gasteiger partial charge in [-0.3, -0.25) is 14.6 Å². The third-order valence-electron chi connectivity index (χ3n) is 5.97. The molecule has 3 aliphatic rings. The number of nitrogens with two attached hydrogens (primary N) is 1. The number of allylic oxidation sites excluding steroid dienone is 2. The number of hydrogen-bond acceptors (Lipinski definition) is 3. The van der Waals surface area contributed by atoms with Gasteiger partial charge >= 0.3 is 5.97 Å². The number of carbonyl (C=O) groups excluding carboxylic acids is 1. The molecule has 1 spiro atoms. The Labute approximate surface area is 128 Å². The van der Waals surface area contributed by atoms with Crippen LogP contribution in [0.5, 0.6) is 0 Å². The summed E-state index contributed by atoms with van der Waals surface area (Å²) in [5, 5.41) is 9.83. The zero-order valence-corrected chi connectivity index (χ0v) is 12.3. The number of carboxylic acids is 1. The number of aromatic nitrogens is 1. The van der Waals surface area contributed by atoms with Crippen LogP contribution in [-0.2, 0) is 15.0 Å². The fraction of sp³-hybridized carbons (Fsp3) is 0.471. The highest BCUT2D eigenvalue weighted by molar-refractivity contribution is 5.95. The maximum atomic E-state index is 12.5. The molecule has 2 saturated carbocycles. The van der Waals surface area contributed by atoms with Crippen LogP contribution in [0, 0.1) is 30.1 Å². The molecule has 114 valence electrons. The molecule has 0 aromatic carbocycles. The van der Waals surface area contributed by atoms with Crippen molar-refractivity contribution in [3.63, 3.8) is 0 Å². The average Bonchev–Trinajstić information content (AvgIpc) is 3.13. The first kappa shape index (κ1) is 13.5. The average molecular weight is 298 g/mol. The molecule has 2 bridgehead atoms. The number of aliphatic carboxylic acids is 1. The van der Waals surface area contributed by atoms with Gasteiger partial charge in [0.05, 0.1) is 11.6 Å². The van der Waals surface area contributed by atoms with Gasteiger partial charge in [-0.1, -0.05) is 18.2 Å². The van der Waals surface area contributed by atoms with Crippen molar-refractivity contribution in [1.82, 2.24) is 4.98 Å². The molecule has 22 heavy (non-hydrogen) atoms. The number of carbonyl (C=O) groups is 2. The van der Waals surface area contributed by atoms with E-state index in [1.807, 2.05) is 25.1 Å². The van der Waals surface area contributed by atoms with Crippen molar-refractivity contribution in [2.24, 2.45) is 28.9 Å². The van der Waals surface area contributed by atoms with Crippen LogP contribution in [0.2, 0.25) is 0 Å². The number of nitrogens with zero attached hydrogens (tertiary/aromatic N) is 1. The largest absolute Gasteiger partial charge is 0.481 e. The van der Waals surface area contributed by atoms with Gasteiger partial charge in [0, 0.05) is 12.1 Å². The highest BCUT2D eigenvalue weighted by Crippen LogP contribution is 2.75. The van der Waals surface area contributed by atoms with Crippen molar-refractivity contribution in [2.45, 2.75) is 25.2 Å². The van der Waals surface area contributed by atoms with Crippen molar-refractivity contribution in [1.29, 1.82) is 0 Å². The molecule has 4 atom stereocenters. The molecule has 3 N–H and O–H groups in total. The van der Waals surface area contributed by atoms with Crippen LogP contribution in [0.3, 0.4) is 0 Å². The first-order chi connectivity index (χ1) is 10.4. The number of amides is 1. The van der Waals surface area contributed by atoms with Crippen LogP contribution < -0.4 is 5.73 Å². The Bertz CT molecular complexity index is 705. The normalized spacial score (nSPS) is 36.7. The zero-order chi connectivity index (χ0) is 15.7. The maximum absolute atomic E-state index is 12.5. The molecule has 1 heterocycles. The number of hydrogen-bond donors (Lipinski definition) is 2. The van der Waals surface area contributed by atoms with E-state index in [9.17, 15) is 14.7 Å². The van der Waals surface area contributed by atoms with Gasteiger partial charge in [0.15, 0.2) is 0 Å². The number of carboxylic acid groups (broad SMARTS) is 1. The van der Waals surface area contributed by atoms with Crippen molar-refractivity contribution >= 4 is 11.9 Å². The van der Waals surface area contributed by atoms with E-state index in [2.05, 4.69) is 4.98 Å². The lowest BCUT2D eigenvalue weighted by Gasteiger charge is -2.36. The van der Waals surface area contributed by atoms with Gasteiger partial charge in [-0.15, -0.1) is 0 Å². The van der Waals surface area contributed by atoms with E-state index in [1.54, 1.807) is 12.3 Å². The van der Waals surface area contributed by atoms with Gasteiger partial charge in [-0.25, -0.2) is 0 Å². The van der Waals surface area contributed by atoms with Crippen molar-refractivity contribution < 1.29 is 14.7 Å². The third kappa shape index (κ3) is 1.32. The standard InChI is InChI=1S/C17H18N2O3/c1-9-2-5-12(19-8-9)17(15(18)22)11-4-3-10(13(17)14(20)21)16(11)6-7-16/h2-5,8,10-11,13H,6-7H2,1H3,(H2,18,22)(H,20,21)/t10-,11+,13+,17+/m1/s1. The minimum absolute atomic E-state index is 0.0926. The van der Waals surface area contributed by atoms with Crippen LogP contribution in [0.4, 0.5) is 0 Å². The lowest BCUT2D eigenvalue weighted by Crippen LogP contribution is -2.53. The monoisotopic (exact) mass is 298 g/mol. The summed E-state index contributed by atoms with van der Waals surface area (Å²) >= 11 is 0. The van der Waals surface area contributed by atoms with Crippen molar-refractivity contribution in [3.05, 3.63) is 41.7 Å². The van der Waals surface area contributed by atoms with E-state index in [-0.39, 0.29) is 17.3 Å². The van der Waals surface area contributed by atoms with Crippen molar-refractivity contribution in [3.8, 4) is 0 Å². The Hall–Kier alpha value is -2.17. The van der Waals surface area contributed by atoms with Gasteiger partial charge < -0.3 is 10.8 Å². The predicted octanol–water partition coefficient (Wildman–Crippen LogP) is 1.41. The molecule has 1 aromatic rings. The Morgan fingerprint density at radius 1 is 1.32 bits per heavy atom. The topological polar surface area (TPSA) is 93.3 Å². The van der Waals surface area contributed by atoms with Gasteiger partial charge in [0.1, 0.15) is 5.41 Å². The molecule has 1 amide bonds. The molecule has 5 heteroatoms. The van der Waals surface area contributed by atoms with Gasteiger partial charge in [0.2, 0.25) is 5.91 Å². The fourth-order valence-electron chi connectivity index (χ4n) is 4.95. The number of pyridine rings is 1. The number of rotatable bonds is 3. The summed E-state index contributed by atoms with van der Waals surface area (Å²) in [4.78, 5) is 28.9. The van der Waals surface area contributed by atoms with Gasteiger partial charge in [-0.2, -0.15) is 0 Å². The zero-order valence-electron chi connectivity index (χ0n) is 12.3. The van der Waals surface area contributed by atoms with Gasteiger partial charge in [0.25, 0.3) is 0 Å². The smallest absolute Gasteiger partial charge is 0.308 e. The summed E-state index contributed by atoms with van der Waals surface area (Å²) in [7, 11) is 0. The highest BCUT2D eigenvalue weighted by Gasteiger charge is 2.77. The molecule has 3 aliphatic carbocycles. The first-order valence-electron chi connectivity index (χ1n) is 7.59. The van der Waals surface area contributed by atoms with E-state index in [1.165, 1.54) is 0 Å². The molecule has 0 aliphatic heterocycles. The van der Waals surface area contributed by atoms with Crippen LogP contribution in [0.25, 0.3) is 0 Å². The molecule has 4 rings (SSSR count). The molecule has 2 fully saturated rings. The van der Waals surface area contributed by atoms with Crippen LogP contribution in [0.15, 0.2) is 30.5 Å². The first-order valence-corrected chi connectivity index (χ1v) is 7.59. The summed E-state index contributed by atoms with van der Waals surface area (Å²) in [6, 6.07) is 3.63. The molecule has 0 unspecified atom stereocenters. The minimum Gasteiger partial charge on any atom is -0.481 e. The minimum atomic E-state index is -1.23. The summed E-state index contributed by atoms with van der Waals surface area (Å²) in [6.07, 6.45) is 7.57. The molecule has 5 nitrogen and oxygen atoms in total. The van der Waals surface area contributed by atoms with Crippen molar-refractivity contribution in [2.75, 3.05) is 0 Å². The van der Waals surface area contributed by atoms with Gasteiger partial charge in [-0.05, 0) is 42.7 Å². The highest BCUT2D eigenvalue weighted by atomic mass is 16.4.